The molecule has 0 saturated heterocycles. The Hall–Kier alpha value is -3.60. The van der Waals surface area contributed by atoms with Crippen molar-refractivity contribution in [2.45, 2.75) is 18.8 Å². The lowest BCUT2D eigenvalue weighted by molar-refractivity contribution is 0.144. The van der Waals surface area contributed by atoms with Gasteiger partial charge in [-0.25, -0.2) is 9.18 Å². The lowest BCUT2D eigenvalue weighted by Gasteiger charge is -2.14. The van der Waals surface area contributed by atoms with Crippen LogP contribution in [-0.4, -0.2) is 25.9 Å². The molecule has 0 radical (unpaired) electrons. The Kier molecular flexibility index (Phi) is 6.11. The monoisotopic (exact) mass is 443 g/mol. The number of nitrogens with one attached hydrogen (secondary N) is 1. The van der Waals surface area contributed by atoms with Gasteiger partial charge in [0.15, 0.2) is 0 Å². The first-order valence-electron chi connectivity index (χ1n) is 11.4. The Morgan fingerprint density at radius 3 is 2.36 bits per heavy atom. The van der Waals surface area contributed by atoms with Gasteiger partial charge in [0.05, 0.1) is 6.61 Å². The van der Waals surface area contributed by atoms with Gasteiger partial charge in [0.1, 0.15) is 18.2 Å². The molecule has 1 saturated carbocycles. The van der Waals surface area contributed by atoms with E-state index in [0.717, 1.165) is 0 Å². The summed E-state index contributed by atoms with van der Waals surface area (Å²) in [4.78, 5) is 12.3. The minimum Gasteiger partial charge on any atom is -0.493 e. The summed E-state index contributed by atoms with van der Waals surface area (Å²) in [6.07, 6.45) is 5.42. The van der Waals surface area contributed by atoms with Crippen LogP contribution in [0.4, 0.5) is 9.18 Å². The first-order chi connectivity index (χ1) is 16.2. The predicted octanol–water partition coefficient (Wildman–Crippen LogP) is 6.17. The normalized spacial score (nSPS) is 14.7. The highest BCUT2D eigenvalue weighted by molar-refractivity contribution is 5.79. The van der Waals surface area contributed by atoms with Gasteiger partial charge in [-0.05, 0) is 59.2 Å². The molecule has 33 heavy (non-hydrogen) atoms. The number of ether oxygens (including phenoxy) is 2. The van der Waals surface area contributed by atoms with E-state index in [-0.39, 0.29) is 24.9 Å². The molecule has 0 aliphatic heterocycles. The van der Waals surface area contributed by atoms with Crippen LogP contribution in [-0.2, 0) is 4.74 Å². The molecule has 2 aliphatic carbocycles. The van der Waals surface area contributed by atoms with Crippen molar-refractivity contribution < 1.29 is 18.7 Å². The maximum atomic E-state index is 13.7. The molecule has 168 valence electrons. The van der Waals surface area contributed by atoms with Crippen LogP contribution < -0.4 is 10.1 Å². The molecule has 1 N–H and O–H groups in total. The second-order valence-electron chi connectivity index (χ2n) is 8.55. The van der Waals surface area contributed by atoms with Gasteiger partial charge < -0.3 is 14.8 Å². The number of benzene rings is 3. The van der Waals surface area contributed by atoms with E-state index in [1.54, 1.807) is 18.2 Å². The smallest absolute Gasteiger partial charge is 0.407 e. The van der Waals surface area contributed by atoms with Gasteiger partial charge in [0.2, 0.25) is 0 Å². The van der Waals surface area contributed by atoms with Crippen LogP contribution >= 0.6 is 0 Å². The highest BCUT2D eigenvalue weighted by Crippen LogP contribution is 2.44. The zero-order valence-corrected chi connectivity index (χ0v) is 18.3. The first-order valence-corrected chi connectivity index (χ1v) is 11.4. The molecular formula is C28H26FNO3. The van der Waals surface area contributed by atoms with Crippen molar-refractivity contribution in [3.8, 4) is 16.9 Å². The summed E-state index contributed by atoms with van der Waals surface area (Å²) in [7, 11) is 0. The topological polar surface area (TPSA) is 47.6 Å². The Morgan fingerprint density at radius 2 is 1.67 bits per heavy atom. The molecule has 0 bridgehead atoms. The van der Waals surface area contributed by atoms with E-state index in [9.17, 15) is 9.18 Å². The lowest BCUT2D eigenvalue weighted by Crippen LogP contribution is -2.26. The quantitative estimate of drug-likeness (QED) is 0.453. The second-order valence-corrected chi connectivity index (χ2v) is 8.55. The van der Waals surface area contributed by atoms with Crippen molar-refractivity contribution in [3.05, 3.63) is 95.3 Å². The van der Waals surface area contributed by atoms with Gasteiger partial charge in [-0.1, -0.05) is 60.7 Å². The van der Waals surface area contributed by atoms with E-state index >= 15 is 0 Å². The molecule has 5 heteroatoms. The average molecular weight is 444 g/mol. The summed E-state index contributed by atoms with van der Waals surface area (Å²) >= 11 is 0. The number of carbonyl (C=O) groups is 1. The minimum absolute atomic E-state index is 0.0251. The van der Waals surface area contributed by atoms with Crippen LogP contribution in [0.5, 0.6) is 5.75 Å². The molecule has 0 heterocycles. The van der Waals surface area contributed by atoms with Gasteiger partial charge in [0.25, 0.3) is 0 Å². The molecular weight excluding hydrogens is 417 g/mol. The van der Waals surface area contributed by atoms with Gasteiger partial charge in [-0.2, -0.15) is 0 Å². The van der Waals surface area contributed by atoms with Gasteiger partial charge >= 0.3 is 6.09 Å². The first kappa shape index (κ1) is 21.3. The predicted molar refractivity (Wildman–Crippen MR) is 127 cm³/mol. The Bertz CT molecular complexity index is 1140. The van der Waals surface area contributed by atoms with Crippen molar-refractivity contribution >= 4 is 12.2 Å². The molecule has 1 amide bonds. The largest absolute Gasteiger partial charge is 0.493 e. The van der Waals surface area contributed by atoms with E-state index in [2.05, 4.69) is 29.6 Å². The third kappa shape index (κ3) is 4.92. The SMILES string of the molecule is O=C(NCC=Cc1cc(F)ccc1OCC1CC1)OCC1c2ccccc2-c2ccccc21. The van der Waals surface area contributed by atoms with E-state index in [4.69, 9.17) is 9.47 Å². The van der Waals surface area contributed by atoms with Gasteiger partial charge in [-0.3, -0.25) is 0 Å². The van der Waals surface area contributed by atoms with Crippen molar-refractivity contribution in [3.63, 3.8) is 0 Å². The van der Waals surface area contributed by atoms with Crippen molar-refractivity contribution in [1.29, 1.82) is 0 Å². The summed E-state index contributed by atoms with van der Waals surface area (Å²) < 4.78 is 25.0. The van der Waals surface area contributed by atoms with Crippen molar-refractivity contribution in [2.24, 2.45) is 5.92 Å². The molecule has 0 spiro atoms. The third-order valence-corrected chi connectivity index (χ3v) is 6.15. The summed E-state index contributed by atoms with van der Waals surface area (Å²) in [5, 5.41) is 2.74. The van der Waals surface area contributed by atoms with E-state index in [0.29, 0.717) is 23.8 Å². The second kappa shape index (κ2) is 9.49. The standard InChI is InChI=1S/C28H26FNO3/c29-21-13-14-27(32-17-19-11-12-19)20(16-21)6-5-15-30-28(31)33-18-26-24-9-3-1-7-22(24)23-8-2-4-10-25(23)26/h1-10,13-14,16,19,26H,11-12,15,17-18H2,(H,30,31). The summed E-state index contributed by atoms with van der Waals surface area (Å²) in [6.45, 7) is 1.20. The molecule has 0 aromatic heterocycles. The fourth-order valence-electron chi connectivity index (χ4n) is 4.25. The molecule has 2 aliphatic rings. The molecule has 3 aromatic rings. The number of alkyl carbamates (subject to hydrolysis) is 1. The van der Waals surface area contributed by atoms with Crippen LogP contribution in [0.3, 0.4) is 0 Å². The van der Waals surface area contributed by atoms with E-state index in [1.165, 1.54) is 47.2 Å². The van der Waals surface area contributed by atoms with Crippen LogP contribution in [0.25, 0.3) is 17.2 Å². The maximum absolute atomic E-state index is 13.7. The van der Waals surface area contributed by atoms with Gasteiger partial charge in [0, 0.05) is 18.0 Å². The number of hydrogen-bond acceptors (Lipinski definition) is 3. The number of halogens is 1. The Balaban J connectivity index is 1.15. The van der Waals surface area contributed by atoms with Crippen LogP contribution in [0.1, 0.15) is 35.4 Å². The van der Waals surface area contributed by atoms with Crippen LogP contribution in [0.2, 0.25) is 0 Å². The minimum atomic E-state index is -0.481. The van der Waals surface area contributed by atoms with E-state index < -0.39 is 6.09 Å². The Morgan fingerprint density at radius 1 is 0.970 bits per heavy atom. The van der Waals surface area contributed by atoms with E-state index in [1.807, 2.05) is 24.3 Å². The maximum Gasteiger partial charge on any atom is 0.407 e. The molecule has 5 rings (SSSR count). The Labute approximate surface area is 193 Å². The third-order valence-electron chi connectivity index (χ3n) is 6.15. The van der Waals surface area contributed by atoms with Gasteiger partial charge in [-0.15, -0.1) is 0 Å². The number of carbonyl (C=O) groups excluding carboxylic acids is 1. The number of rotatable bonds is 8. The highest BCUT2D eigenvalue weighted by Gasteiger charge is 2.29. The number of fused-ring (bicyclic) bond motifs is 3. The summed E-state index contributed by atoms with van der Waals surface area (Å²) in [5.41, 5.74) is 5.40. The average Bonchev–Trinajstić information content (AvgIpc) is 3.61. The molecule has 0 atom stereocenters. The zero-order chi connectivity index (χ0) is 22.6. The fourth-order valence-corrected chi connectivity index (χ4v) is 4.25. The summed E-state index contributed by atoms with van der Waals surface area (Å²) in [5.74, 6) is 0.970. The highest BCUT2D eigenvalue weighted by atomic mass is 19.1. The van der Waals surface area contributed by atoms with Crippen molar-refractivity contribution in [2.75, 3.05) is 19.8 Å². The zero-order valence-electron chi connectivity index (χ0n) is 18.3. The molecule has 0 unspecified atom stereocenters. The molecule has 3 aromatic carbocycles. The van der Waals surface area contributed by atoms with Crippen molar-refractivity contribution in [1.82, 2.24) is 5.32 Å². The lowest BCUT2D eigenvalue weighted by atomic mass is 9.98. The number of amides is 1. The summed E-state index contributed by atoms with van der Waals surface area (Å²) in [6, 6.07) is 20.9. The fraction of sp³-hybridized carbons (Fsp3) is 0.250. The number of hydrogen-bond donors (Lipinski definition) is 1. The van der Waals surface area contributed by atoms with Crippen LogP contribution in [0, 0.1) is 11.7 Å². The van der Waals surface area contributed by atoms with Crippen LogP contribution in [0.15, 0.2) is 72.8 Å². The molecule has 1 fully saturated rings. The molecule has 4 nitrogen and oxygen atoms in total.